The number of benzene rings is 1. The van der Waals surface area contributed by atoms with Gasteiger partial charge in [0, 0.05) is 0 Å². The van der Waals surface area contributed by atoms with Gasteiger partial charge in [0.15, 0.2) is 5.92 Å². The van der Waals surface area contributed by atoms with Crippen LogP contribution in [0.3, 0.4) is 0 Å². The lowest BCUT2D eigenvalue weighted by atomic mass is 10.1. The average molecular weight is 237 g/mol. The SMILES string of the molecule is NCC[C@H](C(=O)O)C(=O)OCc1ccccc1. The van der Waals surface area contributed by atoms with Gasteiger partial charge >= 0.3 is 11.9 Å². The van der Waals surface area contributed by atoms with Crippen molar-refractivity contribution in [3.63, 3.8) is 0 Å². The van der Waals surface area contributed by atoms with Crippen molar-refractivity contribution in [3.8, 4) is 0 Å². The lowest BCUT2D eigenvalue weighted by Gasteiger charge is -2.10. The van der Waals surface area contributed by atoms with Gasteiger partial charge in [-0.05, 0) is 18.5 Å². The highest BCUT2D eigenvalue weighted by atomic mass is 16.5. The molecule has 0 radical (unpaired) electrons. The molecule has 0 heterocycles. The second-order valence-corrected chi connectivity index (χ2v) is 3.56. The number of carbonyl (C=O) groups excluding carboxylic acids is 1. The van der Waals surface area contributed by atoms with Crippen molar-refractivity contribution in [2.45, 2.75) is 13.0 Å². The van der Waals surface area contributed by atoms with Gasteiger partial charge < -0.3 is 15.6 Å². The first-order chi connectivity index (χ1) is 8.15. The summed E-state index contributed by atoms with van der Waals surface area (Å²) in [5.41, 5.74) is 6.06. The van der Waals surface area contributed by atoms with Gasteiger partial charge in [-0.1, -0.05) is 30.3 Å². The van der Waals surface area contributed by atoms with Crippen LogP contribution in [0.25, 0.3) is 0 Å². The second kappa shape index (κ2) is 6.65. The number of rotatable bonds is 6. The Kier molecular flexibility index (Phi) is 5.16. The topological polar surface area (TPSA) is 89.6 Å². The Morgan fingerprint density at radius 1 is 1.29 bits per heavy atom. The van der Waals surface area contributed by atoms with Gasteiger partial charge in [0.05, 0.1) is 0 Å². The number of esters is 1. The molecular formula is C12H15NO4. The smallest absolute Gasteiger partial charge is 0.320 e. The van der Waals surface area contributed by atoms with E-state index in [1.165, 1.54) is 0 Å². The van der Waals surface area contributed by atoms with Gasteiger partial charge in [-0.3, -0.25) is 9.59 Å². The summed E-state index contributed by atoms with van der Waals surface area (Å²) in [4.78, 5) is 22.3. The first-order valence-corrected chi connectivity index (χ1v) is 5.28. The average Bonchev–Trinajstić information content (AvgIpc) is 2.34. The molecule has 1 aromatic carbocycles. The van der Waals surface area contributed by atoms with E-state index in [4.69, 9.17) is 15.6 Å². The molecular weight excluding hydrogens is 222 g/mol. The third-order valence-corrected chi connectivity index (χ3v) is 2.26. The standard InChI is InChI=1S/C12H15NO4/c13-7-6-10(11(14)15)12(16)17-8-9-4-2-1-3-5-9/h1-5,10H,6-8,13H2,(H,14,15)/t10-/m1/s1. The Morgan fingerprint density at radius 2 is 1.94 bits per heavy atom. The summed E-state index contributed by atoms with van der Waals surface area (Å²) < 4.78 is 4.93. The van der Waals surface area contributed by atoms with Crippen LogP contribution in [0.15, 0.2) is 30.3 Å². The maximum Gasteiger partial charge on any atom is 0.320 e. The molecule has 0 aromatic heterocycles. The minimum atomic E-state index is -1.20. The van der Waals surface area contributed by atoms with Crippen LogP contribution in [0, 0.1) is 5.92 Å². The Hall–Kier alpha value is -1.88. The van der Waals surface area contributed by atoms with E-state index in [0.29, 0.717) is 0 Å². The quantitative estimate of drug-likeness (QED) is 0.563. The zero-order chi connectivity index (χ0) is 12.7. The van der Waals surface area contributed by atoms with Crippen molar-refractivity contribution < 1.29 is 19.4 Å². The molecule has 3 N–H and O–H groups in total. The molecule has 17 heavy (non-hydrogen) atoms. The van der Waals surface area contributed by atoms with Gasteiger partial charge in [0.25, 0.3) is 0 Å². The summed E-state index contributed by atoms with van der Waals surface area (Å²) in [6.45, 7) is 0.214. The third-order valence-electron chi connectivity index (χ3n) is 2.26. The molecule has 1 aromatic rings. The Labute approximate surface area is 99.2 Å². The van der Waals surface area contributed by atoms with E-state index in [1.54, 1.807) is 12.1 Å². The fourth-order valence-corrected chi connectivity index (χ4v) is 1.34. The van der Waals surface area contributed by atoms with Crippen molar-refractivity contribution in [2.24, 2.45) is 11.7 Å². The molecule has 0 aliphatic heterocycles. The molecule has 0 fully saturated rings. The monoisotopic (exact) mass is 237 g/mol. The highest BCUT2D eigenvalue weighted by Crippen LogP contribution is 2.08. The van der Waals surface area contributed by atoms with Gasteiger partial charge in [-0.15, -0.1) is 0 Å². The third kappa shape index (κ3) is 4.24. The summed E-state index contributed by atoms with van der Waals surface area (Å²) in [6, 6.07) is 9.08. The lowest BCUT2D eigenvalue weighted by molar-refractivity contribution is -0.159. The maximum absolute atomic E-state index is 11.5. The molecule has 0 bridgehead atoms. The number of hydrogen-bond acceptors (Lipinski definition) is 4. The fraction of sp³-hybridized carbons (Fsp3) is 0.333. The summed E-state index contributed by atoms with van der Waals surface area (Å²) in [5, 5.41) is 8.82. The first-order valence-electron chi connectivity index (χ1n) is 5.28. The molecule has 0 saturated heterocycles. The predicted octanol–water partition coefficient (Wildman–Crippen LogP) is 0.779. The van der Waals surface area contributed by atoms with Crippen LogP contribution in [0.4, 0.5) is 0 Å². The minimum Gasteiger partial charge on any atom is -0.481 e. The van der Waals surface area contributed by atoms with Gasteiger partial charge in [-0.2, -0.15) is 0 Å². The molecule has 5 heteroatoms. The Morgan fingerprint density at radius 3 is 2.47 bits per heavy atom. The Balaban J connectivity index is 2.50. The van der Waals surface area contributed by atoms with Gasteiger partial charge in [-0.25, -0.2) is 0 Å². The zero-order valence-electron chi connectivity index (χ0n) is 9.33. The van der Waals surface area contributed by atoms with Crippen molar-refractivity contribution >= 4 is 11.9 Å². The van der Waals surface area contributed by atoms with E-state index < -0.39 is 17.9 Å². The number of aliphatic carboxylic acids is 1. The van der Waals surface area contributed by atoms with Gasteiger partial charge in [0.1, 0.15) is 6.61 Å². The molecule has 1 atom stereocenters. The molecule has 92 valence electrons. The number of carbonyl (C=O) groups is 2. The zero-order valence-corrected chi connectivity index (χ0v) is 9.33. The van der Waals surface area contributed by atoms with E-state index in [-0.39, 0.29) is 19.6 Å². The van der Waals surface area contributed by atoms with Crippen molar-refractivity contribution in [3.05, 3.63) is 35.9 Å². The Bertz CT molecular complexity index is 377. The largest absolute Gasteiger partial charge is 0.481 e. The number of carboxylic acid groups (broad SMARTS) is 1. The van der Waals surface area contributed by atoms with Crippen LogP contribution in [0.2, 0.25) is 0 Å². The first kappa shape index (κ1) is 13.2. The van der Waals surface area contributed by atoms with Crippen molar-refractivity contribution in [1.29, 1.82) is 0 Å². The number of hydrogen-bond donors (Lipinski definition) is 2. The highest BCUT2D eigenvalue weighted by molar-refractivity contribution is 5.93. The molecule has 0 saturated carbocycles. The summed E-state index contributed by atoms with van der Waals surface area (Å²) >= 11 is 0. The molecule has 0 aliphatic rings. The molecule has 0 aliphatic carbocycles. The summed E-state index contributed by atoms with van der Waals surface area (Å²) in [7, 11) is 0. The summed E-state index contributed by atoms with van der Waals surface area (Å²) in [6.07, 6.45) is 0.0863. The highest BCUT2D eigenvalue weighted by Gasteiger charge is 2.26. The van der Waals surface area contributed by atoms with E-state index in [9.17, 15) is 9.59 Å². The molecule has 1 rings (SSSR count). The number of carboxylic acids is 1. The lowest BCUT2D eigenvalue weighted by Crippen LogP contribution is -2.28. The van der Waals surface area contributed by atoms with Crippen LogP contribution in [0.5, 0.6) is 0 Å². The second-order valence-electron chi connectivity index (χ2n) is 3.56. The van der Waals surface area contributed by atoms with Crippen LogP contribution < -0.4 is 5.73 Å². The van der Waals surface area contributed by atoms with Crippen LogP contribution in [-0.2, 0) is 20.9 Å². The van der Waals surface area contributed by atoms with E-state index in [2.05, 4.69) is 0 Å². The maximum atomic E-state index is 11.5. The van der Waals surface area contributed by atoms with Crippen LogP contribution in [-0.4, -0.2) is 23.6 Å². The number of ether oxygens (including phenoxy) is 1. The van der Waals surface area contributed by atoms with Crippen LogP contribution in [0.1, 0.15) is 12.0 Å². The number of nitrogens with two attached hydrogens (primary N) is 1. The van der Waals surface area contributed by atoms with E-state index in [1.807, 2.05) is 18.2 Å². The molecule has 0 amide bonds. The molecule has 0 spiro atoms. The summed E-state index contributed by atoms with van der Waals surface area (Å²) in [5.74, 6) is -3.12. The molecule has 5 nitrogen and oxygen atoms in total. The molecule has 0 unspecified atom stereocenters. The van der Waals surface area contributed by atoms with Crippen molar-refractivity contribution in [2.75, 3.05) is 6.54 Å². The van der Waals surface area contributed by atoms with E-state index in [0.717, 1.165) is 5.56 Å². The normalized spacial score (nSPS) is 11.8. The van der Waals surface area contributed by atoms with E-state index >= 15 is 0 Å². The fourth-order valence-electron chi connectivity index (χ4n) is 1.34. The predicted molar refractivity (Wildman–Crippen MR) is 61.0 cm³/mol. The minimum absolute atomic E-state index is 0.0774. The van der Waals surface area contributed by atoms with Crippen molar-refractivity contribution in [1.82, 2.24) is 0 Å². The van der Waals surface area contributed by atoms with Gasteiger partial charge in [0.2, 0.25) is 0 Å². The van der Waals surface area contributed by atoms with Crippen LogP contribution >= 0.6 is 0 Å².